The first-order chi connectivity index (χ1) is 27.7. The Bertz CT molecular complexity index is 2130. The molecule has 2 fully saturated rings. The van der Waals surface area contributed by atoms with Gasteiger partial charge in [-0.05, 0) is 52.9 Å². The topological polar surface area (TPSA) is 118 Å². The zero-order chi connectivity index (χ0) is 39.9. The molecular weight excluding hydrogens is 719 g/mol. The molecular formula is C47H49N3O7. The standard InChI is InChI=1S/C47H49N3O7/c1-31-42(28-49(3)32(2)35-14-8-5-9-15-35)56-46(57-44(31)37-20-18-33(29-51)19-21-37)38-24-22-36(23-25-38)40-17-11-10-16-39(40)27-50-43(52)26-41(45(50)53)48-47(54)55-30-34-12-6-4-7-13-34/h4-25,31-32,41-42,44,46,51H,26-30H2,1-3H3,(H,48,54)/t31-,32+,41?,42+,44+,46+/m1/s1. The Morgan fingerprint density at radius 1 is 0.842 bits per heavy atom. The second-order valence-corrected chi connectivity index (χ2v) is 14.9. The van der Waals surface area contributed by atoms with Crippen molar-refractivity contribution in [3.8, 4) is 11.1 Å². The minimum absolute atomic E-state index is 0.0260. The number of aliphatic hydroxyl groups excluding tert-OH is 1. The summed E-state index contributed by atoms with van der Waals surface area (Å²) in [6.07, 6.45) is -1.92. The molecule has 57 heavy (non-hydrogen) atoms. The highest BCUT2D eigenvalue weighted by atomic mass is 16.7. The van der Waals surface area contributed by atoms with E-state index in [9.17, 15) is 19.5 Å². The molecule has 0 bridgehead atoms. The molecule has 10 nitrogen and oxygen atoms in total. The second kappa shape index (κ2) is 18.1. The van der Waals surface area contributed by atoms with Gasteiger partial charge in [0.05, 0.1) is 31.8 Å². The summed E-state index contributed by atoms with van der Waals surface area (Å²) in [7, 11) is 2.12. The van der Waals surface area contributed by atoms with E-state index in [4.69, 9.17) is 14.2 Å². The van der Waals surface area contributed by atoms with Gasteiger partial charge >= 0.3 is 6.09 Å². The zero-order valence-corrected chi connectivity index (χ0v) is 32.5. The lowest BCUT2D eigenvalue weighted by Crippen LogP contribution is -2.44. The van der Waals surface area contributed by atoms with Crippen LogP contribution >= 0.6 is 0 Å². The number of likely N-dealkylation sites (tertiary alicyclic amines) is 1. The molecule has 3 amide bonds. The predicted octanol–water partition coefficient (Wildman–Crippen LogP) is 7.88. The van der Waals surface area contributed by atoms with Crippen molar-refractivity contribution in [2.75, 3.05) is 13.6 Å². The zero-order valence-electron chi connectivity index (χ0n) is 32.5. The molecule has 0 spiro atoms. The molecule has 2 heterocycles. The van der Waals surface area contributed by atoms with Crippen LogP contribution in [0.3, 0.4) is 0 Å². The lowest BCUT2D eigenvalue weighted by Gasteiger charge is -2.43. The predicted molar refractivity (Wildman–Crippen MR) is 216 cm³/mol. The van der Waals surface area contributed by atoms with Crippen LogP contribution in [-0.4, -0.2) is 58.6 Å². The van der Waals surface area contributed by atoms with Gasteiger partial charge in [0.15, 0.2) is 6.29 Å². The van der Waals surface area contributed by atoms with E-state index in [1.165, 1.54) is 10.5 Å². The molecule has 2 saturated heterocycles. The van der Waals surface area contributed by atoms with Crippen LogP contribution in [0.15, 0.2) is 133 Å². The number of rotatable bonds is 13. The maximum absolute atomic E-state index is 13.4. The highest BCUT2D eigenvalue weighted by molar-refractivity contribution is 6.06. The molecule has 7 rings (SSSR count). The Morgan fingerprint density at radius 2 is 1.49 bits per heavy atom. The van der Waals surface area contributed by atoms with Crippen molar-refractivity contribution in [3.05, 3.63) is 167 Å². The highest BCUT2D eigenvalue weighted by Gasteiger charge is 2.41. The number of alkyl carbamates (subject to hydrolysis) is 1. The molecule has 0 aliphatic carbocycles. The fraction of sp³-hybridized carbons (Fsp3) is 0.298. The van der Waals surface area contributed by atoms with Gasteiger partial charge in [0.2, 0.25) is 5.91 Å². The van der Waals surface area contributed by atoms with Crippen LogP contribution in [0.5, 0.6) is 0 Å². The summed E-state index contributed by atoms with van der Waals surface area (Å²) in [5.41, 5.74) is 7.35. The fourth-order valence-corrected chi connectivity index (χ4v) is 7.56. The maximum atomic E-state index is 13.4. The smallest absolute Gasteiger partial charge is 0.408 e. The molecule has 2 N–H and O–H groups in total. The number of hydrogen-bond donors (Lipinski definition) is 2. The number of likely N-dealkylation sites (N-methyl/N-ethyl adjacent to an activating group) is 1. The molecule has 10 heteroatoms. The van der Waals surface area contributed by atoms with Gasteiger partial charge in [-0.1, -0.05) is 140 Å². The number of carbonyl (C=O) groups is 3. The van der Waals surface area contributed by atoms with E-state index >= 15 is 0 Å². The summed E-state index contributed by atoms with van der Waals surface area (Å²) in [6.45, 7) is 5.15. The number of benzene rings is 5. The van der Waals surface area contributed by atoms with Crippen LogP contribution in [-0.2, 0) is 43.6 Å². The summed E-state index contributed by atoms with van der Waals surface area (Å²) in [6, 6.07) is 42.4. The van der Waals surface area contributed by atoms with Crippen molar-refractivity contribution in [1.29, 1.82) is 0 Å². The first-order valence-corrected chi connectivity index (χ1v) is 19.4. The largest absolute Gasteiger partial charge is 0.445 e. The molecule has 5 aromatic carbocycles. The normalized spacial score (nSPS) is 21.4. The number of carbonyl (C=O) groups excluding carboxylic acids is 3. The van der Waals surface area contributed by atoms with Crippen LogP contribution in [0.2, 0.25) is 0 Å². The van der Waals surface area contributed by atoms with E-state index in [-0.39, 0.29) is 56.3 Å². The van der Waals surface area contributed by atoms with Gasteiger partial charge in [0.1, 0.15) is 12.6 Å². The molecule has 1 unspecified atom stereocenters. The van der Waals surface area contributed by atoms with Gasteiger partial charge in [-0.3, -0.25) is 19.4 Å². The van der Waals surface area contributed by atoms with Crippen molar-refractivity contribution in [2.45, 2.75) is 70.6 Å². The average molecular weight is 768 g/mol. The van der Waals surface area contributed by atoms with Crippen molar-refractivity contribution in [2.24, 2.45) is 5.92 Å². The van der Waals surface area contributed by atoms with E-state index in [2.05, 4.69) is 55.4 Å². The quantitative estimate of drug-likeness (QED) is 0.116. The third-order valence-corrected chi connectivity index (χ3v) is 11.1. The van der Waals surface area contributed by atoms with Crippen LogP contribution in [0, 0.1) is 5.92 Å². The molecule has 294 valence electrons. The van der Waals surface area contributed by atoms with Gasteiger partial charge in [-0.15, -0.1) is 0 Å². The number of nitrogens with one attached hydrogen (secondary N) is 1. The van der Waals surface area contributed by atoms with Crippen molar-refractivity contribution >= 4 is 17.9 Å². The van der Waals surface area contributed by atoms with Crippen LogP contribution in [0.1, 0.15) is 72.1 Å². The highest BCUT2D eigenvalue weighted by Crippen LogP contribution is 2.42. The minimum atomic E-state index is -0.993. The number of hydrogen-bond acceptors (Lipinski definition) is 8. The summed E-state index contributed by atoms with van der Waals surface area (Å²) >= 11 is 0. The molecule has 0 saturated carbocycles. The van der Waals surface area contributed by atoms with Crippen molar-refractivity contribution in [1.82, 2.24) is 15.1 Å². The van der Waals surface area contributed by atoms with Crippen molar-refractivity contribution < 1.29 is 33.7 Å². The van der Waals surface area contributed by atoms with Gasteiger partial charge in [-0.2, -0.15) is 0 Å². The Hall–Kier alpha value is -5.65. The molecule has 2 aliphatic heterocycles. The fourth-order valence-electron chi connectivity index (χ4n) is 7.56. The monoisotopic (exact) mass is 767 g/mol. The van der Waals surface area contributed by atoms with Gasteiger partial charge < -0.3 is 24.6 Å². The summed E-state index contributed by atoms with van der Waals surface area (Å²) in [4.78, 5) is 42.5. The minimum Gasteiger partial charge on any atom is -0.445 e. The summed E-state index contributed by atoms with van der Waals surface area (Å²) in [5, 5.41) is 12.2. The van der Waals surface area contributed by atoms with Gasteiger partial charge in [-0.25, -0.2) is 4.79 Å². The van der Waals surface area contributed by atoms with Crippen LogP contribution < -0.4 is 5.32 Å². The summed E-state index contributed by atoms with van der Waals surface area (Å²) in [5.74, 6) is -0.802. The van der Waals surface area contributed by atoms with E-state index < -0.39 is 24.3 Å². The van der Waals surface area contributed by atoms with Gasteiger partial charge in [0, 0.05) is 24.1 Å². The van der Waals surface area contributed by atoms with E-state index in [1.807, 2.05) is 109 Å². The number of aliphatic hydroxyl groups is 1. The van der Waals surface area contributed by atoms with Gasteiger partial charge in [0.25, 0.3) is 5.91 Å². The van der Waals surface area contributed by atoms with E-state index in [0.717, 1.165) is 38.9 Å². The molecule has 5 aromatic rings. The van der Waals surface area contributed by atoms with E-state index in [1.54, 1.807) is 0 Å². The first-order valence-electron chi connectivity index (χ1n) is 19.4. The second-order valence-electron chi connectivity index (χ2n) is 14.9. The Balaban J connectivity index is 1.06. The first kappa shape index (κ1) is 39.6. The lowest BCUT2D eigenvalue weighted by atomic mass is 9.89. The maximum Gasteiger partial charge on any atom is 0.408 e. The third-order valence-electron chi connectivity index (χ3n) is 11.1. The molecule has 2 aliphatic rings. The lowest BCUT2D eigenvalue weighted by molar-refractivity contribution is -0.276. The molecule has 6 atom stereocenters. The van der Waals surface area contributed by atoms with Crippen LogP contribution in [0.4, 0.5) is 4.79 Å². The molecule has 0 radical (unpaired) electrons. The Labute approximate surface area is 334 Å². The SMILES string of the molecule is C[C@@H]1[C@H](CN(C)[C@@H](C)c2ccccc2)O[C@H](c2ccc(-c3ccccc3CN3C(=O)CC(NC(=O)OCc4ccccc4)C3=O)cc2)O[C@@H]1c1ccc(CO)cc1. The number of ether oxygens (including phenoxy) is 3. The van der Waals surface area contributed by atoms with Crippen LogP contribution in [0.25, 0.3) is 11.1 Å². The average Bonchev–Trinajstić information content (AvgIpc) is 3.51. The number of amides is 3. The molecule has 0 aromatic heterocycles. The number of nitrogens with zero attached hydrogens (tertiary/aromatic N) is 2. The van der Waals surface area contributed by atoms with Crippen molar-refractivity contribution in [3.63, 3.8) is 0 Å². The Morgan fingerprint density at radius 3 is 2.19 bits per heavy atom. The third kappa shape index (κ3) is 9.32. The Kier molecular flexibility index (Phi) is 12.6. The number of imide groups is 1. The summed E-state index contributed by atoms with van der Waals surface area (Å²) < 4.78 is 18.8. The van der Waals surface area contributed by atoms with E-state index in [0.29, 0.717) is 6.54 Å².